The van der Waals surface area contributed by atoms with Gasteiger partial charge in [0.2, 0.25) is 0 Å². The zero-order chi connectivity index (χ0) is 4.50. The zero-order valence-corrected chi connectivity index (χ0v) is 11.1. The summed E-state index contributed by atoms with van der Waals surface area (Å²) >= 11 is 0. The average Bonchev–Trinajstić information content (AvgIpc) is 0.722. The molecule has 0 atom stereocenters. The van der Waals surface area contributed by atoms with Crippen molar-refractivity contribution >= 4 is 59.2 Å². The van der Waals surface area contributed by atoms with Crippen molar-refractivity contribution in [3.63, 3.8) is 0 Å². The normalized spacial score (nSPS) is 7.50. The fourth-order valence-electron chi connectivity index (χ4n) is 0. The second-order valence-corrected chi connectivity index (χ2v) is 1.80. The summed E-state index contributed by atoms with van der Waals surface area (Å²) in [7, 11) is -4.61. The van der Waals surface area contributed by atoms with E-state index in [4.69, 9.17) is 19.2 Å². The molecule has 0 aliphatic carbocycles. The molecule has 0 heterocycles. The van der Waals surface area contributed by atoms with Crippen LogP contribution in [-0.2, 0) is 19.5 Å². The molecular formula is H7CaClO4SiZn. The second-order valence-electron chi connectivity index (χ2n) is 0.600. The number of hydrogen-bond donors (Lipinski definition) is 4. The van der Waals surface area contributed by atoms with Crippen LogP contribution in [0.15, 0.2) is 0 Å². The molecule has 0 aliphatic heterocycles. The van der Waals surface area contributed by atoms with Crippen molar-refractivity contribution in [2.24, 2.45) is 0 Å². The second kappa shape index (κ2) is 9.23. The van der Waals surface area contributed by atoms with Crippen molar-refractivity contribution in [1.29, 1.82) is 0 Å². The molecule has 46 valence electrons. The van der Waals surface area contributed by atoms with Crippen molar-refractivity contribution in [2.75, 3.05) is 0 Å². The Kier molecular flexibility index (Phi) is 25.9. The zero-order valence-electron chi connectivity index (χ0n) is 6.11. The van der Waals surface area contributed by atoms with Crippen molar-refractivity contribution in [2.45, 2.75) is 0 Å². The Balaban J connectivity index is -0.00000000800. The van der Waals surface area contributed by atoms with Crippen LogP contribution in [0.3, 0.4) is 0 Å². The van der Waals surface area contributed by atoms with Crippen molar-refractivity contribution in [3.05, 3.63) is 0 Å². The van der Waals surface area contributed by atoms with Crippen LogP contribution >= 0.6 is 12.4 Å². The largest absolute Gasteiger partial charge is 2.00 e. The maximum absolute atomic E-state index is 7.33. The standard InChI is InChI=1S/Ca.ClH.H4O4Si.Zn.2H/c;;1-5(2,3)4;;;/h;1H;1-4H;;;/q+2;;;;2*-1. The maximum Gasteiger partial charge on any atom is 2.00 e. The smallest absolute Gasteiger partial charge is 1.00 e. The summed E-state index contributed by atoms with van der Waals surface area (Å²) in [5.41, 5.74) is 0. The van der Waals surface area contributed by atoms with Gasteiger partial charge in [-0.25, -0.2) is 0 Å². The van der Waals surface area contributed by atoms with E-state index in [2.05, 4.69) is 0 Å². The van der Waals surface area contributed by atoms with Gasteiger partial charge in [-0.2, -0.15) is 0 Å². The molecule has 0 aromatic rings. The molecule has 0 spiro atoms. The van der Waals surface area contributed by atoms with Gasteiger partial charge in [0, 0.05) is 19.5 Å². The molecule has 0 aliphatic rings. The molecule has 0 saturated heterocycles. The average molecular weight is 240 g/mol. The van der Waals surface area contributed by atoms with E-state index >= 15 is 0 Å². The van der Waals surface area contributed by atoms with Gasteiger partial charge in [-0.15, -0.1) is 12.4 Å². The maximum atomic E-state index is 7.33. The Morgan fingerprint density at radius 1 is 1.00 bits per heavy atom. The molecule has 0 rings (SSSR count). The molecule has 8 heavy (non-hydrogen) atoms. The summed E-state index contributed by atoms with van der Waals surface area (Å²) in [6, 6.07) is 0. The number of hydrogen-bond acceptors (Lipinski definition) is 4. The predicted molar refractivity (Wildman–Crippen MR) is 29.9 cm³/mol. The van der Waals surface area contributed by atoms with Crippen LogP contribution in [0.25, 0.3) is 0 Å². The van der Waals surface area contributed by atoms with Gasteiger partial charge < -0.3 is 22.0 Å². The van der Waals surface area contributed by atoms with Crippen LogP contribution in [-0.4, -0.2) is 66.0 Å². The molecule has 0 aromatic heterocycles. The molecule has 0 unspecified atom stereocenters. The van der Waals surface area contributed by atoms with Gasteiger partial charge in [-0.1, -0.05) is 0 Å². The first kappa shape index (κ1) is 22.5. The summed E-state index contributed by atoms with van der Waals surface area (Å²) < 4.78 is 0. The predicted octanol–water partition coefficient (Wildman–Crippen LogP) is -2.35. The van der Waals surface area contributed by atoms with Crippen LogP contribution in [0.1, 0.15) is 2.85 Å². The molecule has 0 bridgehead atoms. The molecular weight excluding hydrogens is 233 g/mol. The van der Waals surface area contributed by atoms with E-state index in [0.717, 1.165) is 0 Å². The molecule has 0 fully saturated rings. The quantitative estimate of drug-likeness (QED) is 0.357. The first-order valence-electron chi connectivity index (χ1n) is 0.894. The number of rotatable bonds is 0. The van der Waals surface area contributed by atoms with E-state index in [0.29, 0.717) is 0 Å². The SMILES string of the molecule is Cl.O[Si](O)(O)O.[Ca+2].[H-].[H-].[Zn]. The van der Waals surface area contributed by atoms with E-state index < -0.39 is 9.05 Å². The minimum absolute atomic E-state index is 0. The van der Waals surface area contributed by atoms with Crippen molar-refractivity contribution in [3.8, 4) is 0 Å². The molecule has 0 aromatic carbocycles. The van der Waals surface area contributed by atoms with E-state index in [1.54, 1.807) is 0 Å². The van der Waals surface area contributed by atoms with E-state index in [-0.39, 0.29) is 72.5 Å². The van der Waals surface area contributed by atoms with Crippen LogP contribution in [0.4, 0.5) is 0 Å². The van der Waals surface area contributed by atoms with Gasteiger partial charge in [0.1, 0.15) is 0 Å². The molecule has 8 heteroatoms. The fraction of sp³-hybridized carbons (Fsp3) is 0. The molecule has 4 nitrogen and oxygen atoms in total. The molecule has 0 saturated carbocycles. The third-order valence-corrected chi connectivity index (χ3v) is 0. The topological polar surface area (TPSA) is 80.9 Å². The van der Waals surface area contributed by atoms with Gasteiger partial charge >= 0.3 is 46.8 Å². The summed E-state index contributed by atoms with van der Waals surface area (Å²) in [6.45, 7) is 0. The van der Waals surface area contributed by atoms with Gasteiger partial charge in [0.15, 0.2) is 0 Å². The summed E-state index contributed by atoms with van der Waals surface area (Å²) in [5.74, 6) is 0. The van der Waals surface area contributed by atoms with E-state index in [1.807, 2.05) is 0 Å². The van der Waals surface area contributed by atoms with Crippen LogP contribution in [0, 0.1) is 0 Å². The minimum atomic E-state index is -4.61. The van der Waals surface area contributed by atoms with Crippen molar-refractivity contribution < 1.29 is 41.5 Å². The van der Waals surface area contributed by atoms with Gasteiger partial charge in [-0.05, 0) is 0 Å². The third-order valence-electron chi connectivity index (χ3n) is 0. The third kappa shape index (κ3) is 86.5. The fourth-order valence-corrected chi connectivity index (χ4v) is 0. The van der Waals surface area contributed by atoms with Gasteiger partial charge in [0.05, 0.1) is 0 Å². The summed E-state index contributed by atoms with van der Waals surface area (Å²) in [6.07, 6.45) is 0. The van der Waals surface area contributed by atoms with Crippen LogP contribution in [0.5, 0.6) is 0 Å². The molecule has 0 radical (unpaired) electrons. The summed E-state index contributed by atoms with van der Waals surface area (Å²) in [5, 5.41) is 0. The Labute approximate surface area is 99.5 Å². The van der Waals surface area contributed by atoms with E-state index in [9.17, 15) is 0 Å². The molecule has 0 amide bonds. The van der Waals surface area contributed by atoms with Gasteiger partial charge in [-0.3, -0.25) is 0 Å². The van der Waals surface area contributed by atoms with E-state index in [1.165, 1.54) is 0 Å². The first-order chi connectivity index (χ1) is 2.00. The van der Waals surface area contributed by atoms with Crippen LogP contribution < -0.4 is 0 Å². The minimum Gasteiger partial charge on any atom is -1.00 e. The first-order valence-corrected chi connectivity index (χ1v) is 2.68. The Bertz CT molecular complexity index is 38.7. The van der Waals surface area contributed by atoms with Crippen LogP contribution in [0.2, 0.25) is 0 Å². The summed E-state index contributed by atoms with van der Waals surface area (Å²) in [4.78, 5) is 29.3. The molecule has 4 N–H and O–H groups in total. The number of halogens is 1. The Morgan fingerprint density at radius 3 is 1.00 bits per heavy atom. The van der Waals surface area contributed by atoms with Crippen molar-refractivity contribution in [1.82, 2.24) is 0 Å². The monoisotopic (exact) mass is 238 g/mol. The Morgan fingerprint density at radius 2 is 1.00 bits per heavy atom. The van der Waals surface area contributed by atoms with Gasteiger partial charge in [0.25, 0.3) is 0 Å². The Hall–Kier alpha value is 2.23.